The minimum Gasteiger partial charge on any atom is -0.402 e. The molecule has 0 heterocycles. The smallest absolute Gasteiger partial charge is 0.402 e. The molecule has 13 heteroatoms. The molecule has 30 heavy (non-hydrogen) atoms. The molecule has 0 amide bonds. The molecule has 0 aliphatic heterocycles. The molecule has 2 aromatic carbocycles. The topological polar surface area (TPSA) is 81.7 Å². The molecule has 0 aromatic heterocycles. The van der Waals surface area contributed by atoms with E-state index in [1.165, 1.54) is 24.3 Å². The fraction of sp³-hybridized carbons (Fsp3) is 0.118. The summed E-state index contributed by atoms with van der Waals surface area (Å²) in [7, 11) is -4.22. The van der Waals surface area contributed by atoms with Crippen molar-refractivity contribution in [3.63, 3.8) is 0 Å². The number of ether oxygens (including phenoxy) is 2. The Labute approximate surface area is 165 Å². The van der Waals surface area contributed by atoms with Crippen LogP contribution in [0.5, 0.6) is 11.5 Å². The predicted octanol–water partition coefficient (Wildman–Crippen LogP) is 4.71. The zero-order chi connectivity index (χ0) is 22.6. The third-order valence-electron chi connectivity index (χ3n) is 3.20. The highest BCUT2D eigenvalue weighted by atomic mass is 32.2. The van der Waals surface area contributed by atoms with Crippen LogP contribution >= 0.6 is 0 Å². The quantitative estimate of drug-likeness (QED) is 0.483. The first kappa shape index (κ1) is 23.1. The summed E-state index contributed by atoms with van der Waals surface area (Å²) >= 11 is 0. The molecule has 0 spiro atoms. The lowest BCUT2D eigenvalue weighted by Gasteiger charge is -2.15. The third-order valence-corrected chi connectivity index (χ3v) is 4.20. The monoisotopic (exact) mass is 455 g/mol. The van der Waals surface area contributed by atoms with Crippen LogP contribution in [0.25, 0.3) is 6.08 Å². The Hall–Kier alpha value is -3.22. The van der Waals surface area contributed by atoms with Gasteiger partial charge in [-0.15, -0.1) is 26.3 Å². The Morgan fingerprint density at radius 1 is 0.867 bits per heavy atom. The Balaban J connectivity index is 2.31. The summed E-state index contributed by atoms with van der Waals surface area (Å²) < 4.78 is 108. The summed E-state index contributed by atoms with van der Waals surface area (Å²) in [6.45, 7) is 0. The number of anilines is 1. The van der Waals surface area contributed by atoms with Crippen molar-refractivity contribution in [2.45, 2.75) is 12.7 Å². The normalized spacial score (nSPS) is 12.6. The second-order valence-corrected chi connectivity index (χ2v) is 7.02. The van der Waals surface area contributed by atoms with Crippen LogP contribution in [0.1, 0.15) is 15.9 Å². The number of para-hydroxylation sites is 1. The number of benzene rings is 2. The van der Waals surface area contributed by atoms with Crippen molar-refractivity contribution in [1.82, 2.24) is 0 Å². The second kappa shape index (κ2) is 8.65. The lowest BCUT2D eigenvalue weighted by atomic mass is 10.2. The van der Waals surface area contributed by atoms with Crippen molar-refractivity contribution in [2.75, 3.05) is 4.72 Å². The van der Waals surface area contributed by atoms with Gasteiger partial charge in [0.05, 0.1) is 11.1 Å². The number of sulfonamides is 1. The van der Waals surface area contributed by atoms with Crippen molar-refractivity contribution >= 4 is 28.1 Å². The van der Waals surface area contributed by atoms with Crippen LogP contribution in [0.4, 0.5) is 32.0 Å². The average Bonchev–Trinajstić information content (AvgIpc) is 2.60. The highest BCUT2D eigenvalue weighted by Crippen LogP contribution is 2.36. The maximum atomic E-state index is 12.5. The van der Waals surface area contributed by atoms with E-state index in [0.717, 1.165) is 12.1 Å². The molecule has 0 saturated heterocycles. The minimum atomic E-state index is -5.32. The van der Waals surface area contributed by atoms with Crippen molar-refractivity contribution in [1.29, 1.82) is 0 Å². The number of aldehydes is 1. The minimum absolute atomic E-state index is 0.0315. The lowest BCUT2D eigenvalue weighted by molar-refractivity contribution is -0.287. The molecule has 0 unspecified atom stereocenters. The zero-order valence-electron chi connectivity index (χ0n) is 14.5. The number of halogens is 6. The Morgan fingerprint density at radius 3 is 2.07 bits per heavy atom. The molecule has 0 aliphatic rings. The molecule has 0 radical (unpaired) electrons. The van der Waals surface area contributed by atoms with E-state index in [4.69, 9.17) is 0 Å². The summed E-state index contributed by atoms with van der Waals surface area (Å²) in [5.74, 6) is -2.59. The van der Waals surface area contributed by atoms with Crippen LogP contribution in [0.2, 0.25) is 0 Å². The van der Waals surface area contributed by atoms with Crippen LogP contribution in [-0.4, -0.2) is 27.4 Å². The molecule has 0 aliphatic carbocycles. The van der Waals surface area contributed by atoms with Gasteiger partial charge >= 0.3 is 12.7 Å². The first-order chi connectivity index (χ1) is 13.8. The molecule has 2 rings (SSSR count). The Morgan fingerprint density at radius 2 is 1.47 bits per heavy atom. The molecule has 6 nitrogen and oxygen atoms in total. The van der Waals surface area contributed by atoms with Crippen LogP contribution in [-0.2, 0) is 10.0 Å². The maximum Gasteiger partial charge on any atom is 0.573 e. The summed E-state index contributed by atoms with van der Waals surface area (Å²) in [5, 5.41) is 0.547. The van der Waals surface area contributed by atoms with Gasteiger partial charge in [0.25, 0.3) is 10.0 Å². The maximum absolute atomic E-state index is 12.5. The highest BCUT2D eigenvalue weighted by Gasteiger charge is 2.36. The average molecular weight is 455 g/mol. The second-order valence-electron chi connectivity index (χ2n) is 5.46. The number of alkyl halides is 6. The van der Waals surface area contributed by atoms with Crippen molar-refractivity contribution in [2.24, 2.45) is 0 Å². The van der Waals surface area contributed by atoms with Gasteiger partial charge in [0.15, 0.2) is 17.8 Å². The first-order valence-electron chi connectivity index (χ1n) is 7.69. The number of carbonyl (C=O) groups excluding carboxylic acids is 1. The SMILES string of the molecule is O=Cc1ccccc1NS(=O)(=O)/C=C/c1ccc(OC(F)(F)F)c(OC(F)(F)F)c1. The number of nitrogens with one attached hydrogen (secondary N) is 1. The van der Waals surface area contributed by atoms with Gasteiger partial charge in [-0.05, 0) is 35.9 Å². The van der Waals surface area contributed by atoms with E-state index in [0.29, 0.717) is 23.8 Å². The highest BCUT2D eigenvalue weighted by molar-refractivity contribution is 7.95. The third kappa shape index (κ3) is 7.31. The van der Waals surface area contributed by atoms with E-state index in [9.17, 15) is 39.6 Å². The van der Waals surface area contributed by atoms with Crippen molar-refractivity contribution < 1.29 is 49.0 Å². The van der Waals surface area contributed by atoms with Crippen LogP contribution in [0.3, 0.4) is 0 Å². The van der Waals surface area contributed by atoms with E-state index < -0.39 is 34.2 Å². The molecule has 1 N–H and O–H groups in total. The van der Waals surface area contributed by atoms with E-state index in [2.05, 4.69) is 14.2 Å². The van der Waals surface area contributed by atoms with Gasteiger partial charge < -0.3 is 9.47 Å². The Bertz CT molecular complexity index is 1050. The van der Waals surface area contributed by atoms with Gasteiger partial charge in [-0.1, -0.05) is 18.2 Å². The van der Waals surface area contributed by atoms with E-state index in [1.807, 2.05) is 0 Å². The zero-order valence-corrected chi connectivity index (χ0v) is 15.3. The molecular weight excluding hydrogens is 444 g/mol. The van der Waals surface area contributed by atoms with Gasteiger partial charge in [-0.3, -0.25) is 9.52 Å². The molecule has 0 bridgehead atoms. The Kier molecular flexibility index (Phi) is 6.65. The largest absolute Gasteiger partial charge is 0.573 e. The molecule has 0 atom stereocenters. The van der Waals surface area contributed by atoms with Crippen LogP contribution in [0.15, 0.2) is 47.9 Å². The van der Waals surface area contributed by atoms with Gasteiger partial charge in [0.1, 0.15) is 0 Å². The summed E-state index contributed by atoms with van der Waals surface area (Å²) in [5.41, 5.74) is -0.256. The molecule has 162 valence electrons. The van der Waals surface area contributed by atoms with Crippen molar-refractivity contribution in [3.8, 4) is 11.5 Å². The van der Waals surface area contributed by atoms with Crippen molar-refractivity contribution in [3.05, 3.63) is 59.0 Å². The van der Waals surface area contributed by atoms with Crippen LogP contribution in [0, 0.1) is 0 Å². The summed E-state index contributed by atoms with van der Waals surface area (Å²) in [6.07, 6.45) is -9.38. The fourth-order valence-electron chi connectivity index (χ4n) is 2.09. The van der Waals surface area contributed by atoms with E-state index in [1.54, 1.807) is 0 Å². The summed E-state index contributed by atoms with van der Waals surface area (Å²) in [6, 6.07) is 7.52. The number of hydrogen-bond donors (Lipinski definition) is 1. The van der Waals surface area contributed by atoms with Gasteiger partial charge in [-0.2, -0.15) is 0 Å². The number of carbonyl (C=O) groups is 1. The molecule has 0 saturated carbocycles. The first-order valence-corrected chi connectivity index (χ1v) is 9.23. The summed E-state index contributed by atoms with van der Waals surface area (Å²) in [4.78, 5) is 10.9. The number of rotatable bonds is 7. The number of hydrogen-bond acceptors (Lipinski definition) is 5. The van der Waals surface area contributed by atoms with Gasteiger partial charge in [0, 0.05) is 5.56 Å². The van der Waals surface area contributed by atoms with Crippen LogP contribution < -0.4 is 14.2 Å². The van der Waals surface area contributed by atoms with E-state index in [-0.39, 0.29) is 16.8 Å². The molecule has 2 aromatic rings. The standard InChI is InChI=1S/C17H11F6NO5S/c18-16(19,20)28-14-6-5-11(9-15(14)29-17(21,22)23)7-8-30(26,27)24-13-4-2-1-3-12(13)10-25/h1-10,24H/b8-7+. The lowest BCUT2D eigenvalue weighted by Crippen LogP contribution is -2.21. The molecular formula is C17H11F6NO5S. The van der Waals surface area contributed by atoms with Gasteiger partial charge in [-0.25, -0.2) is 8.42 Å². The fourth-order valence-corrected chi connectivity index (χ4v) is 2.99. The predicted molar refractivity (Wildman–Crippen MR) is 93.2 cm³/mol. The van der Waals surface area contributed by atoms with E-state index >= 15 is 0 Å². The molecule has 0 fully saturated rings. The van der Waals surface area contributed by atoms with Gasteiger partial charge in [0.2, 0.25) is 0 Å².